The molecule has 0 unspecified atom stereocenters. The van der Waals surface area contributed by atoms with Gasteiger partial charge in [0.2, 0.25) is 5.91 Å². The van der Waals surface area contributed by atoms with Gasteiger partial charge >= 0.3 is 0 Å². The quantitative estimate of drug-likeness (QED) is 0.715. The van der Waals surface area contributed by atoms with Crippen LogP contribution in [0.25, 0.3) is 0 Å². The van der Waals surface area contributed by atoms with E-state index in [1.165, 1.54) is 38.5 Å². The van der Waals surface area contributed by atoms with Gasteiger partial charge in [0.05, 0.1) is 0 Å². The van der Waals surface area contributed by atoms with Crippen molar-refractivity contribution in [1.82, 2.24) is 5.32 Å². The van der Waals surface area contributed by atoms with E-state index in [2.05, 4.69) is 12.2 Å². The van der Waals surface area contributed by atoms with Gasteiger partial charge in [0, 0.05) is 13.0 Å². The first-order valence-corrected chi connectivity index (χ1v) is 5.51. The molecule has 0 spiro atoms. The van der Waals surface area contributed by atoms with E-state index in [0.717, 1.165) is 5.92 Å². The number of carbonyl (C=O) groups excluding carboxylic acids is 1. The number of nitrogens with one attached hydrogen (secondary N) is 1. The fourth-order valence-electron chi connectivity index (χ4n) is 2.38. The van der Waals surface area contributed by atoms with Gasteiger partial charge in [-0.15, -0.1) is 0 Å². The first-order chi connectivity index (χ1) is 6.24. The normalized spacial score (nSPS) is 28.5. The SMILES string of the molecule is CCC[C@@H]1CCCC[C@@H]1NC(C)=O. The Morgan fingerprint density at radius 1 is 1.38 bits per heavy atom. The Kier molecular flexibility index (Phi) is 4.26. The van der Waals surface area contributed by atoms with Crippen LogP contribution in [0.15, 0.2) is 0 Å². The third-order valence-electron chi connectivity index (χ3n) is 2.96. The predicted molar refractivity (Wildman–Crippen MR) is 54.5 cm³/mol. The van der Waals surface area contributed by atoms with Crippen molar-refractivity contribution in [3.63, 3.8) is 0 Å². The van der Waals surface area contributed by atoms with Crippen molar-refractivity contribution in [1.29, 1.82) is 0 Å². The Bertz CT molecular complexity index is 165. The number of amides is 1. The second kappa shape index (κ2) is 5.25. The minimum Gasteiger partial charge on any atom is -0.353 e. The molecule has 0 aromatic rings. The smallest absolute Gasteiger partial charge is 0.217 e. The summed E-state index contributed by atoms with van der Waals surface area (Å²) in [6.07, 6.45) is 7.63. The third-order valence-corrected chi connectivity index (χ3v) is 2.96. The van der Waals surface area contributed by atoms with Crippen LogP contribution in [-0.2, 0) is 4.79 Å². The molecule has 0 radical (unpaired) electrons. The van der Waals surface area contributed by atoms with Crippen LogP contribution in [-0.4, -0.2) is 11.9 Å². The number of rotatable bonds is 3. The van der Waals surface area contributed by atoms with Gasteiger partial charge in [-0.3, -0.25) is 4.79 Å². The van der Waals surface area contributed by atoms with Crippen LogP contribution in [0.5, 0.6) is 0 Å². The van der Waals surface area contributed by atoms with Crippen LogP contribution in [0.1, 0.15) is 52.4 Å². The molecule has 1 saturated carbocycles. The summed E-state index contributed by atoms with van der Waals surface area (Å²) in [4.78, 5) is 11.0. The van der Waals surface area contributed by atoms with Gasteiger partial charge in [0.15, 0.2) is 0 Å². The van der Waals surface area contributed by atoms with Gasteiger partial charge in [-0.05, 0) is 25.2 Å². The summed E-state index contributed by atoms with van der Waals surface area (Å²) in [5, 5.41) is 3.08. The van der Waals surface area contributed by atoms with Crippen LogP contribution in [0.2, 0.25) is 0 Å². The predicted octanol–water partition coefficient (Wildman–Crippen LogP) is 2.48. The van der Waals surface area contributed by atoms with E-state index in [1.807, 2.05) is 0 Å². The summed E-state index contributed by atoms with van der Waals surface area (Å²) < 4.78 is 0. The monoisotopic (exact) mass is 183 g/mol. The van der Waals surface area contributed by atoms with Crippen LogP contribution in [0.3, 0.4) is 0 Å². The molecule has 2 nitrogen and oxygen atoms in total. The highest BCUT2D eigenvalue weighted by Gasteiger charge is 2.24. The van der Waals surface area contributed by atoms with E-state index in [1.54, 1.807) is 6.92 Å². The molecular formula is C11H21NO. The average molecular weight is 183 g/mol. The maximum absolute atomic E-state index is 11.0. The molecule has 2 heteroatoms. The van der Waals surface area contributed by atoms with Crippen LogP contribution in [0, 0.1) is 5.92 Å². The lowest BCUT2D eigenvalue weighted by atomic mass is 9.82. The van der Waals surface area contributed by atoms with Gasteiger partial charge in [-0.1, -0.05) is 26.2 Å². The van der Waals surface area contributed by atoms with Crippen LogP contribution in [0.4, 0.5) is 0 Å². The molecule has 1 aliphatic rings. The third kappa shape index (κ3) is 3.37. The molecule has 13 heavy (non-hydrogen) atoms. The van der Waals surface area contributed by atoms with Gasteiger partial charge in [-0.2, -0.15) is 0 Å². The van der Waals surface area contributed by atoms with Gasteiger partial charge in [-0.25, -0.2) is 0 Å². The Hall–Kier alpha value is -0.530. The summed E-state index contributed by atoms with van der Waals surface area (Å²) in [6, 6.07) is 0.464. The second-order valence-electron chi connectivity index (χ2n) is 4.14. The molecule has 0 saturated heterocycles. The first kappa shape index (κ1) is 10.6. The lowest BCUT2D eigenvalue weighted by Gasteiger charge is -2.31. The molecule has 1 rings (SSSR count). The van der Waals surface area contributed by atoms with E-state index in [9.17, 15) is 4.79 Å². The van der Waals surface area contributed by atoms with Gasteiger partial charge < -0.3 is 5.32 Å². The molecule has 1 N–H and O–H groups in total. The zero-order chi connectivity index (χ0) is 9.68. The number of hydrogen-bond acceptors (Lipinski definition) is 1. The molecule has 1 amide bonds. The minimum absolute atomic E-state index is 0.132. The Morgan fingerprint density at radius 2 is 2.08 bits per heavy atom. The summed E-state index contributed by atoms with van der Waals surface area (Å²) in [5.74, 6) is 0.871. The molecule has 0 bridgehead atoms. The van der Waals surface area contributed by atoms with Crippen molar-refractivity contribution >= 4 is 5.91 Å². The summed E-state index contributed by atoms with van der Waals surface area (Å²) in [7, 11) is 0. The summed E-state index contributed by atoms with van der Waals surface area (Å²) >= 11 is 0. The molecular weight excluding hydrogens is 162 g/mol. The zero-order valence-electron chi connectivity index (χ0n) is 8.81. The molecule has 76 valence electrons. The fourth-order valence-corrected chi connectivity index (χ4v) is 2.38. The summed E-state index contributed by atoms with van der Waals surface area (Å²) in [5.41, 5.74) is 0. The Balaban J connectivity index is 2.41. The van der Waals surface area contributed by atoms with Crippen molar-refractivity contribution in [3.05, 3.63) is 0 Å². The van der Waals surface area contributed by atoms with Gasteiger partial charge in [0.25, 0.3) is 0 Å². The van der Waals surface area contributed by atoms with E-state index < -0.39 is 0 Å². The molecule has 1 fully saturated rings. The maximum Gasteiger partial charge on any atom is 0.217 e. The van der Waals surface area contributed by atoms with Gasteiger partial charge in [0.1, 0.15) is 0 Å². The van der Waals surface area contributed by atoms with Crippen molar-refractivity contribution in [3.8, 4) is 0 Å². The van der Waals surface area contributed by atoms with E-state index in [4.69, 9.17) is 0 Å². The summed E-state index contributed by atoms with van der Waals surface area (Å²) in [6.45, 7) is 3.84. The fraction of sp³-hybridized carbons (Fsp3) is 0.909. The molecule has 0 aromatic heterocycles. The topological polar surface area (TPSA) is 29.1 Å². The van der Waals surface area contributed by atoms with E-state index >= 15 is 0 Å². The molecule has 0 heterocycles. The highest BCUT2D eigenvalue weighted by Crippen LogP contribution is 2.27. The van der Waals surface area contributed by atoms with E-state index in [0.29, 0.717) is 6.04 Å². The number of carbonyl (C=O) groups is 1. The van der Waals surface area contributed by atoms with Crippen molar-refractivity contribution in [2.45, 2.75) is 58.4 Å². The molecule has 1 aliphatic carbocycles. The Morgan fingerprint density at radius 3 is 2.69 bits per heavy atom. The highest BCUT2D eigenvalue weighted by atomic mass is 16.1. The second-order valence-corrected chi connectivity index (χ2v) is 4.14. The van der Waals surface area contributed by atoms with Crippen molar-refractivity contribution in [2.24, 2.45) is 5.92 Å². The highest BCUT2D eigenvalue weighted by molar-refractivity contribution is 5.73. The molecule has 0 aliphatic heterocycles. The van der Waals surface area contributed by atoms with Crippen LogP contribution < -0.4 is 5.32 Å². The minimum atomic E-state index is 0.132. The first-order valence-electron chi connectivity index (χ1n) is 5.51. The zero-order valence-corrected chi connectivity index (χ0v) is 8.81. The number of hydrogen-bond donors (Lipinski definition) is 1. The molecule has 2 atom stereocenters. The van der Waals surface area contributed by atoms with Crippen molar-refractivity contribution < 1.29 is 4.79 Å². The average Bonchev–Trinajstić information content (AvgIpc) is 2.08. The Labute approximate surface area is 81.1 Å². The maximum atomic E-state index is 11.0. The largest absolute Gasteiger partial charge is 0.353 e. The standard InChI is InChI=1S/C11H21NO/c1-3-6-10-7-4-5-8-11(10)12-9(2)13/h10-11H,3-8H2,1-2H3,(H,12,13)/t10-,11+/m1/s1. The lowest BCUT2D eigenvalue weighted by Crippen LogP contribution is -2.40. The van der Waals surface area contributed by atoms with E-state index in [-0.39, 0.29) is 5.91 Å². The lowest BCUT2D eigenvalue weighted by molar-refractivity contribution is -0.120. The molecule has 0 aromatic carbocycles. The van der Waals surface area contributed by atoms with Crippen LogP contribution >= 0.6 is 0 Å². The van der Waals surface area contributed by atoms with Crippen molar-refractivity contribution in [2.75, 3.05) is 0 Å².